The first-order valence-corrected chi connectivity index (χ1v) is 7.45. The summed E-state index contributed by atoms with van der Waals surface area (Å²) in [7, 11) is 1.88. The normalized spacial score (nSPS) is 13.5. The average Bonchev–Trinajstić information content (AvgIpc) is 2.91. The van der Waals surface area contributed by atoms with Gasteiger partial charge >= 0.3 is 0 Å². The van der Waals surface area contributed by atoms with Crippen LogP contribution in [0.15, 0.2) is 48.5 Å². The summed E-state index contributed by atoms with van der Waals surface area (Å²) in [5, 5.41) is 0. The average molecular weight is 298 g/mol. The number of amides is 1. The summed E-state index contributed by atoms with van der Waals surface area (Å²) in [5.41, 5.74) is 3.12. The lowest BCUT2D eigenvalue weighted by atomic mass is 10.2. The maximum atomic E-state index is 13.2. The monoisotopic (exact) mass is 298 g/mol. The van der Waals surface area contributed by atoms with Crippen molar-refractivity contribution in [1.82, 2.24) is 4.90 Å². The van der Waals surface area contributed by atoms with Gasteiger partial charge in [0.15, 0.2) is 0 Å². The van der Waals surface area contributed by atoms with E-state index in [1.165, 1.54) is 17.7 Å². The molecule has 0 bridgehead atoms. The van der Waals surface area contributed by atoms with Crippen molar-refractivity contribution in [1.29, 1.82) is 0 Å². The van der Waals surface area contributed by atoms with Gasteiger partial charge in [-0.3, -0.25) is 9.69 Å². The van der Waals surface area contributed by atoms with E-state index < -0.39 is 0 Å². The Balaban J connectivity index is 1.62. The van der Waals surface area contributed by atoms with Gasteiger partial charge in [-0.2, -0.15) is 0 Å². The van der Waals surface area contributed by atoms with E-state index in [1.54, 1.807) is 6.07 Å². The quantitative estimate of drug-likeness (QED) is 0.866. The number of likely N-dealkylation sites (N-methyl/N-ethyl adjacent to an activating group) is 1. The number of halogens is 1. The van der Waals surface area contributed by atoms with E-state index in [2.05, 4.69) is 6.07 Å². The minimum atomic E-state index is -0.245. The molecule has 3 rings (SSSR count). The molecule has 0 aliphatic carbocycles. The largest absolute Gasteiger partial charge is 0.311 e. The molecule has 3 nitrogen and oxygen atoms in total. The van der Waals surface area contributed by atoms with Gasteiger partial charge in [-0.1, -0.05) is 30.3 Å². The van der Waals surface area contributed by atoms with Gasteiger partial charge in [0, 0.05) is 18.8 Å². The van der Waals surface area contributed by atoms with Crippen LogP contribution >= 0.6 is 0 Å². The SMILES string of the molecule is CN(CC(=O)N1CCc2ccccc21)Cc1cccc(F)c1. The van der Waals surface area contributed by atoms with Crippen molar-refractivity contribution in [2.75, 3.05) is 25.0 Å². The number of hydrogen-bond donors (Lipinski definition) is 0. The lowest BCUT2D eigenvalue weighted by Gasteiger charge is -2.22. The van der Waals surface area contributed by atoms with Crippen LogP contribution in [-0.4, -0.2) is 30.9 Å². The molecule has 1 aliphatic heterocycles. The van der Waals surface area contributed by atoms with Gasteiger partial charge in [-0.25, -0.2) is 4.39 Å². The summed E-state index contributed by atoms with van der Waals surface area (Å²) in [5.74, 6) is -0.158. The number of para-hydroxylation sites is 1. The Bertz CT molecular complexity index is 686. The number of fused-ring (bicyclic) bond motifs is 1. The molecular formula is C18H19FN2O. The van der Waals surface area contributed by atoms with Gasteiger partial charge in [-0.05, 0) is 42.8 Å². The number of carbonyl (C=O) groups excluding carboxylic acids is 1. The molecule has 0 saturated heterocycles. The van der Waals surface area contributed by atoms with Crippen molar-refractivity contribution < 1.29 is 9.18 Å². The van der Waals surface area contributed by atoms with Crippen molar-refractivity contribution in [3.8, 4) is 0 Å². The maximum Gasteiger partial charge on any atom is 0.241 e. The summed E-state index contributed by atoms with van der Waals surface area (Å²) in [6.45, 7) is 1.62. The van der Waals surface area contributed by atoms with Gasteiger partial charge in [0.1, 0.15) is 5.82 Å². The molecule has 0 unspecified atom stereocenters. The zero-order chi connectivity index (χ0) is 15.5. The first kappa shape index (κ1) is 14.7. The molecule has 0 spiro atoms. The fraction of sp³-hybridized carbons (Fsp3) is 0.278. The second-order valence-corrected chi connectivity index (χ2v) is 5.73. The van der Waals surface area contributed by atoms with Crippen molar-refractivity contribution in [2.45, 2.75) is 13.0 Å². The van der Waals surface area contributed by atoms with Gasteiger partial charge < -0.3 is 4.90 Å². The third-order valence-corrected chi connectivity index (χ3v) is 3.93. The highest BCUT2D eigenvalue weighted by Crippen LogP contribution is 2.27. The fourth-order valence-electron chi connectivity index (χ4n) is 2.92. The number of hydrogen-bond acceptors (Lipinski definition) is 2. The lowest BCUT2D eigenvalue weighted by molar-refractivity contribution is -0.119. The smallest absolute Gasteiger partial charge is 0.241 e. The molecule has 2 aromatic rings. The molecule has 22 heavy (non-hydrogen) atoms. The highest BCUT2D eigenvalue weighted by Gasteiger charge is 2.24. The predicted octanol–water partition coefficient (Wildman–Crippen LogP) is 2.85. The molecule has 0 fully saturated rings. The molecule has 4 heteroatoms. The second-order valence-electron chi connectivity index (χ2n) is 5.73. The Morgan fingerprint density at radius 2 is 2.05 bits per heavy atom. The number of carbonyl (C=O) groups is 1. The summed E-state index contributed by atoms with van der Waals surface area (Å²) in [6.07, 6.45) is 0.912. The molecular weight excluding hydrogens is 279 g/mol. The predicted molar refractivity (Wildman–Crippen MR) is 85.2 cm³/mol. The van der Waals surface area contributed by atoms with Crippen LogP contribution in [0.2, 0.25) is 0 Å². The highest BCUT2D eigenvalue weighted by molar-refractivity contribution is 5.96. The van der Waals surface area contributed by atoms with E-state index >= 15 is 0 Å². The minimum absolute atomic E-state index is 0.0869. The summed E-state index contributed by atoms with van der Waals surface area (Å²) < 4.78 is 13.2. The Hall–Kier alpha value is -2.20. The molecule has 2 aromatic carbocycles. The minimum Gasteiger partial charge on any atom is -0.311 e. The first-order chi connectivity index (χ1) is 10.6. The van der Waals surface area contributed by atoms with E-state index in [-0.39, 0.29) is 11.7 Å². The molecule has 0 atom stereocenters. The number of anilines is 1. The Kier molecular flexibility index (Phi) is 4.20. The molecule has 1 amide bonds. The van der Waals surface area contributed by atoms with Gasteiger partial charge in [0.05, 0.1) is 6.54 Å². The van der Waals surface area contributed by atoms with E-state index in [9.17, 15) is 9.18 Å². The number of benzene rings is 2. The fourth-order valence-corrected chi connectivity index (χ4v) is 2.92. The van der Waals surface area contributed by atoms with Gasteiger partial charge in [0.2, 0.25) is 5.91 Å². The van der Waals surface area contributed by atoms with Crippen LogP contribution in [0.3, 0.4) is 0 Å². The Morgan fingerprint density at radius 3 is 2.86 bits per heavy atom. The lowest BCUT2D eigenvalue weighted by Crippen LogP contribution is -2.37. The molecule has 0 aromatic heterocycles. The van der Waals surface area contributed by atoms with Crippen molar-refractivity contribution in [3.63, 3.8) is 0 Å². The first-order valence-electron chi connectivity index (χ1n) is 7.45. The van der Waals surface area contributed by atoms with Crippen molar-refractivity contribution >= 4 is 11.6 Å². The highest BCUT2D eigenvalue weighted by atomic mass is 19.1. The summed E-state index contributed by atoms with van der Waals surface area (Å²) in [4.78, 5) is 16.2. The third kappa shape index (κ3) is 3.17. The Morgan fingerprint density at radius 1 is 1.23 bits per heavy atom. The topological polar surface area (TPSA) is 23.6 Å². The number of rotatable bonds is 4. The van der Waals surface area contributed by atoms with Crippen molar-refractivity contribution in [3.05, 3.63) is 65.5 Å². The van der Waals surface area contributed by atoms with Crippen LogP contribution in [0.4, 0.5) is 10.1 Å². The Labute approximate surface area is 130 Å². The zero-order valence-corrected chi connectivity index (χ0v) is 12.6. The van der Waals surface area contributed by atoms with E-state index in [0.29, 0.717) is 13.1 Å². The second kappa shape index (κ2) is 6.28. The molecule has 0 radical (unpaired) electrons. The van der Waals surface area contributed by atoms with E-state index in [4.69, 9.17) is 0 Å². The van der Waals surface area contributed by atoms with E-state index in [1.807, 2.05) is 41.1 Å². The van der Waals surface area contributed by atoms with Crippen LogP contribution in [-0.2, 0) is 17.8 Å². The molecule has 0 N–H and O–H groups in total. The van der Waals surface area contributed by atoms with Crippen LogP contribution < -0.4 is 4.90 Å². The summed E-state index contributed by atoms with van der Waals surface area (Å²) in [6, 6.07) is 14.5. The molecule has 0 saturated carbocycles. The standard InChI is InChI=1S/C18H19FN2O/c1-20(12-14-5-4-7-16(19)11-14)13-18(22)21-10-9-15-6-2-3-8-17(15)21/h2-8,11H,9-10,12-13H2,1H3. The van der Waals surface area contributed by atoms with Crippen LogP contribution in [0, 0.1) is 5.82 Å². The molecule has 1 heterocycles. The van der Waals surface area contributed by atoms with E-state index in [0.717, 1.165) is 24.2 Å². The van der Waals surface area contributed by atoms with Crippen molar-refractivity contribution in [2.24, 2.45) is 0 Å². The molecule has 114 valence electrons. The van der Waals surface area contributed by atoms with Gasteiger partial charge in [-0.15, -0.1) is 0 Å². The third-order valence-electron chi connectivity index (χ3n) is 3.93. The van der Waals surface area contributed by atoms with Crippen LogP contribution in [0.1, 0.15) is 11.1 Å². The summed E-state index contributed by atoms with van der Waals surface area (Å²) >= 11 is 0. The van der Waals surface area contributed by atoms with Gasteiger partial charge in [0.25, 0.3) is 0 Å². The van der Waals surface area contributed by atoms with Crippen LogP contribution in [0.5, 0.6) is 0 Å². The zero-order valence-electron chi connectivity index (χ0n) is 12.6. The van der Waals surface area contributed by atoms with Crippen LogP contribution in [0.25, 0.3) is 0 Å². The number of nitrogens with zero attached hydrogens (tertiary/aromatic N) is 2. The maximum absolute atomic E-state index is 13.2. The molecule has 1 aliphatic rings.